The second kappa shape index (κ2) is 7.52. The van der Waals surface area contributed by atoms with Crippen LogP contribution < -0.4 is 5.01 Å². The number of nitrogens with zero attached hydrogens (tertiary/aromatic N) is 3. The summed E-state index contributed by atoms with van der Waals surface area (Å²) in [4.78, 5) is 16.1. The monoisotopic (exact) mass is 395 g/mol. The molecule has 142 valence electrons. The van der Waals surface area contributed by atoms with Gasteiger partial charge in [-0.25, -0.2) is 19.2 Å². The quantitative estimate of drug-likeness (QED) is 0.473. The molecule has 1 aliphatic carbocycles. The molecule has 0 bridgehead atoms. The van der Waals surface area contributed by atoms with Gasteiger partial charge in [0.25, 0.3) is 0 Å². The van der Waals surface area contributed by atoms with Gasteiger partial charge in [-0.2, -0.15) is 5.10 Å². The fourth-order valence-corrected chi connectivity index (χ4v) is 3.66. The van der Waals surface area contributed by atoms with E-state index in [1.54, 1.807) is 0 Å². The van der Waals surface area contributed by atoms with Gasteiger partial charge in [0.05, 0.1) is 23.5 Å². The Morgan fingerprint density at radius 3 is 2.71 bits per heavy atom. The Morgan fingerprint density at radius 2 is 2.04 bits per heavy atom. The first-order valence-corrected chi connectivity index (χ1v) is 9.78. The molecule has 0 unspecified atom stereocenters. The van der Waals surface area contributed by atoms with Crippen LogP contribution in [0.1, 0.15) is 34.3 Å². The van der Waals surface area contributed by atoms with Crippen LogP contribution in [0.25, 0.3) is 11.3 Å². The number of aryl methyl sites for hydroxylation is 1. The molecule has 0 saturated heterocycles. The summed E-state index contributed by atoms with van der Waals surface area (Å²) < 4.78 is 13.4. The number of rotatable bonds is 6. The second-order valence-electron chi connectivity index (χ2n) is 6.74. The largest absolute Gasteiger partial charge is 0.478 e. The number of aromatic carboxylic acids is 1. The number of thiazole rings is 1. The predicted octanol–water partition coefficient (Wildman–Crippen LogP) is 4.96. The molecule has 1 heterocycles. The number of halogens is 1. The minimum atomic E-state index is -1.19. The molecule has 1 saturated carbocycles. The first-order valence-electron chi connectivity index (χ1n) is 8.90. The van der Waals surface area contributed by atoms with Crippen molar-refractivity contribution in [3.63, 3.8) is 0 Å². The van der Waals surface area contributed by atoms with Gasteiger partial charge in [-0.3, -0.25) is 0 Å². The van der Waals surface area contributed by atoms with Crippen LogP contribution in [0.4, 0.5) is 9.52 Å². The van der Waals surface area contributed by atoms with Crippen LogP contribution in [0.2, 0.25) is 0 Å². The highest BCUT2D eigenvalue weighted by Gasteiger charge is 2.31. The Hall–Kier alpha value is -3.06. The van der Waals surface area contributed by atoms with Crippen LogP contribution >= 0.6 is 11.3 Å². The van der Waals surface area contributed by atoms with Crippen molar-refractivity contribution < 1.29 is 14.3 Å². The minimum absolute atomic E-state index is 0.112. The van der Waals surface area contributed by atoms with E-state index in [1.165, 1.54) is 35.2 Å². The van der Waals surface area contributed by atoms with Crippen molar-refractivity contribution in [2.75, 3.05) is 5.01 Å². The molecule has 5 nitrogen and oxygen atoms in total. The minimum Gasteiger partial charge on any atom is -0.478 e. The van der Waals surface area contributed by atoms with E-state index in [0.717, 1.165) is 35.3 Å². The smallest absolute Gasteiger partial charge is 0.336 e. The summed E-state index contributed by atoms with van der Waals surface area (Å²) in [6, 6.07) is 12.1. The average molecular weight is 395 g/mol. The van der Waals surface area contributed by atoms with E-state index >= 15 is 0 Å². The summed E-state index contributed by atoms with van der Waals surface area (Å²) in [5.41, 5.74) is 3.36. The third-order valence-corrected chi connectivity index (χ3v) is 5.33. The van der Waals surface area contributed by atoms with Gasteiger partial charge >= 0.3 is 5.97 Å². The molecule has 3 aromatic rings. The van der Waals surface area contributed by atoms with Crippen LogP contribution in [-0.4, -0.2) is 28.3 Å². The number of carboxylic acids is 1. The van der Waals surface area contributed by atoms with Crippen LogP contribution in [0, 0.1) is 12.7 Å². The molecular weight excluding hydrogens is 377 g/mol. The molecule has 0 aliphatic heterocycles. The Labute approximate surface area is 165 Å². The Balaban J connectivity index is 1.62. The number of hydrazone groups is 1. The number of hydrogen-bond donors (Lipinski definition) is 1. The van der Waals surface area contributed by atoms with Crippen molar-refractivity contribution in [3.8, 4) is 11.3 Å². The summed E-state index contributed by atoms with van der Waals surface area (Å²) in [5.74, 6) is -1.77. The number of aromatic nitrogens is 1. The fraction of sp³-hybridized carbons (Fsp3) is 0.190. The molecule has 28 heavy (non-hydrogen) atoms. The van der Waals surface area contributed by atoms with E-state index in [0.29, 0.717) is 5.56 Å². The van der Waals surface area contributed by atoms with Crippen molar-refractivity contribution in [2.24, 2.45) is 5.10 Å². The summed E-state index contributed by atoms with van der Waals surface area (Å²) in [5, 5.41) is 18.4. The first-order chi connectivity index (χ1) is 13.5. The maximum Gasteiger partial charge on any atom is 0.336 e. The van der Waals surface area contributed by atoms with Gasteiger partial charge in [0.15, 0.2) is 0 Å². The van der Waals surface area contributed by atoms with Gasteiger partial charge in [-0.1, -0.05) is 29.8 Å². The molecule has 4 rings (SSSR count). The van der Waals surface area contributed by atoms with Crippen LogP contribution in [0.15, 0.2) is 52.9 Å². The van der Waals surface area contributed by atoms with Crippen molar-refractivity contribution >= 4 is 28.7 Å². The maximum absolute atomic E-state index is 13.4. The summed E-state index contributed by atoms with van der Waals surface area (Å²) in [7, 11) is 0. The second-order valence-corrected chi connectivity index (χ2v) is 7.57. The van der Waals surface area contributed by atoms with Crippen LogP contribution in [-0.2, 0) is 0 Å². The van der Waals surface area contributed by atoms with E-state index in [9.17, 15) is 14.3 Å². The highest BCUT2D eigenvalue weighted by Crippen LogP contribution is 2.35. The average Bonchev–Trinajstić information content (AvgIpc) is 3.40. The topological polar surface area (TPSA) is 65.8 Å². The highest BCUT2D eigenvalue weighted by atomic mass is 32.1. The zero-order valence-electron chi connectivity index (χ0n) is 15.2. The first kappa shape index (κ1) is 18.3. The van der Waals surface area contributed by atoms with E-state index in [2.05, 4.69) is 5.10 Å². The molecule has 1 aliphatic rings. The lowest BCUT2D eigenvalue weighted by molar-refractivity contribution is 0.0696. The number of benzene rings is 2. The molecular formula is C21H18FN3O2S. The molecule has 7 heteroatoms. The molecule has 1 fully saturated rings. The van der Waals surface area contributed by atoms with Crippen molar-refractivity contribution in [1.82, 2.24) is 4.98 Å². The lowest BCUT2D eigenvalue weighted by atomic mass is 10.1. The van der Waals surface area contributed by atoms with Crippen LogP contribution in [0.5, 0.6) is 0 Å². The van der Waals surface area contributed by atoms with Crippen LogP contribution in [0.3, 0.4) is 0 Å². The van der Waals surface area contributed by atoms with Gasteiger partial charge in [0, 0.05) is 16.5 Å². The normalized spacial score (nSPS) is 13.8. The highest BCUT2D eigenvalue weighted by molar-refractivity contribution is 7.14. The Bertz CT molecular complexity index is 1040. The summed E-state index contributed by atoms with van der Waals surface area (Å²) in [6.07, 6.45) is 3.48. The summed E-state index contributed by atoms with van der Waals surface area (Å²) in [6.45, 7) is 2.04. The Morgan fingerprint density at radius 1 is 1.29 bits per heavy atom. The molecule has 0 spiro atoms. The third-order valence-electron chi connectivity index (χ3n) is 4.50. The fourth-order valence-electron chi connectivity index (χ4n) is 2.80. The lowest BCUT2D eigenvalue weighted by Crippen LogP contribution is -2.19. The molecule has 0 amide bonds. The molecule has 2 aromatic carbocycles. The van der Waals surface area contributed by atoms with E-state index in [4.69, 9.17) is 4.98 Å². The van der Waals surface area contributed by atoms with E-state index in [-0.39, 0.29) is 11.6 Å². The number of carboxylic acid groups (broad SMARTS) is 1. The van der Waals surface area contributed by atoms with Gasteiger partial charge < -0.3 is 5.11 Å². The maximum atomic E-state index is 13.4. The van der Waals surface area contributed by atoms with Gasteiger partial charge in [0.2, 0.25) is 5.13 Å². The predicted molar refractivity (Wildman–Crippen MR) is 109 cm³/mol. The lowest BCUT2D eigenvalue weighted by Gasteiger charge is -2.14. The molecule has 0 radical (unpaired) electrons. The van der Waals surface area contributed by atoms with Crippen molar-refractivity contribution in [1.29, 1.82) is 0 Å². The van der Waals surface area contributed by atoms with Gasteiger partial charge in [-0.15, -0.1) is 11.3 Å². The molecule has 0 atom stereocenters. The molecule has 1 aromatic heterocycles. The zero-order valence-corrected chi connectivity index (χ0v) is 16.0. The third kappa shape index (κ3) is 3.94. The van der Waals surface area contributed by atoms with E-state index < -0.39 is 11.8 Å². The van der Waals surface area contributed by atoms with Gasteiger partial charge in [0.1, 0.15) is 5.82 Å². The number of hydrogen-bond acceptors (Lipinski definition) is 5. The zero-order chi connectivity index (χ0) is 19.7. The number of anilines is 1. The molecule has 1 N–H and O–H groups in total. The summed E-state index contributed by atoms with van der Waals surface area (Å²) >= 11 is 1.50. The SMILES string of the molecule is Cc1ccc(-c2csc(N(/N=C/c3ccc(F)cc3C(=O)O)C3CC3)n2)cc1. The number of carbonyl (C=O) groups is 1. The van der Waals surface area contributed by atoms with Gasteiger partial charge in [-0.05, 0) is 38.0 Å². The standard InChI is InChI=1S/C21H18FN3O2S/c1-13-2-4-14(5-3-13)19-12-28-21(24-19)25(17-8-9-17)23-11-15-6-7-16(22)10-18(15)20(26)27/h2-7,10-12,17H,8-9H2,1H3,(H,26,27)/b23-11+. The van der Waals surface area contributed by atoms with Crippen molar-refractivity contribution in [2.45, 2.75) is 25.8 Å². The van der Waals surface area contributed by atoms with Crippen molar-refractivity contribution in [3.05, 3.63) is 70.4 Å². The Kier molecular flexibility index (Phi) is 4.92. The van der Waals surface area contributed by atoms with E-state index in [1.807, 2.05) is 41.6 Å².